The molecule has 0 aromatic carbocycles. The fourth-order valence-electron chi connectivity index (χ4n) is 1.01. The SMILES string of the molecule is O[C@@H]1[C@H](O)[C@@H](O)O[C@H](C=[OH+])[C@H]1O. The van der Waals surface area contributed by atoms with E-state index in [1.807, 2.05) is 0 Å². The van der Waals surface area contributed by atoms with Gasteiger partial charge in [0.15, 0.2) is 12.4 Å². The first-order valence-electron chi connectivity index (χ1n) is 3.43. The van der Waals surface area contributed by atoms with Crippen molar-refractivity contribution in [3.05, 3.63) is 0 Å². The zero-order chi connectivity index (χ0) is 9.30. The lowest BCUT2D eigenvalue weighted by Gasteiger charge is -2.34. The van der Waals surface area contributed by atoms with E-state index in [1.54, 1.807) is 0 Å². The monoisotopic (exact) mass is 179 g/mol. The highest BCUT2D eigenvalue weighted by atomic mass is 16.6. The van der Waals surface area contributed by atoms with Gasteiger partial charge >= 0.3 is 6.29 Å². The van der Waals surface area contributed by atoms with Crippen LogP contribution in [0.5, 0.6) is 0 Å². The Kier molecular flexibility index (Phi) is 2.76. The molecule has 0 unspecified atom stereocenters. The maximum Gasteiger partial charge on any atom is 0.313 e. The van der Waals surface area contributed by atoms with Crippen molar-refractivity contribution in [1.29, 1.82) is 0 Å². The van der Waals surface area contributed by atoms with E-state index in [0.29, 0.717) is 6.29 Å². The fourth-order valence-corrected chi connectivity index (χ4v) is 1.01. The molecule has 0 aromatic heterocycles. The number of rotatable bonds is 1. The molecule has 0 aliphatic carbocycles. The number of hydrogen-bond acceptors (Lipinski definition) is 5. The minimum absolute atomic E-state index is 0.503. The zero-order valence-corrected chi connectivity index (χ0v) is 6.11. The molecule has 5 atom stereocenters. The molecule has 12 heavy (non-hydrogen) atoms. The molecule has 0 spiro atoms. The van der Waals surface area contributed by atoms with Gasteiger partial charge in [0.2, 0.25) is 0 Å². The largest absolute Gasteiger partial charge is 0.387 e. The lowest BCUT2D eigenvalue weighted by atomic mass is 10.00. The van der Waals surface area contributed by atoms with Gasteiger partial charge in [-0.2, -0.15) is 0 Å². The minimum atomic E-state index is -1.60. The second-order valence-corrected chi connectivity index (χ2v) is 2.61. The van der Waals surface area contributed by atoms with Crippen LogP contribution in [-0.4, -0.2) is 62.2 Å². The summed E-state index contributed by atoms with van der Waals surface area (Å²) in [4.78, 5) is 8.47. The molecule has 0 radical (unpaired) electrons. The van der Waals surface area contributed by atoms with Crippen molar-refractivity contribution < 1.29 is 30.0 Å². The van der Waals surface area contributed by atoms with Crippen molar-refractivity contribution in [2.24, 2.45) is 0 Å². The average Bonchev–Trinajstić information content (AvgIpc) is 2.08. The second kappa shape index (κ2) is 3.46. The third kappa shape index (κ3) is 1.47. The molecule has 1 heterocycles. The number of hydrogen-bond donors (Lipinski definition) is 4. The Hall–Kier alpha value is -0.530. The van der Waals surface area contributed by atoms with Crippen LogP contribution < -0.4 is 0 Å². The van der Waals surface area contributed by atoms with Gasteiger partial charge in [0, 0.05) is 0 Å². The Morgan fingerprint density at radius 3 is 2.08 bits per heavy atom. The minimum Gasteiger partial charge on any atom is -0.387 e. The third-order valence-electron chi connectivity index (χ3n) is 1.77. The maximum atomic E-state index is 9.09. The fraction of sp³-hybridized carbons (Fsp3) is 0.833. The summed E-state index contributed by atoms with van der Waals surface area (Å²) in [5, 5.41) is 36.0. The van der Waals surface area contributed by atoms with Crippen molar-refractivity contribution in [2.75, 3.05) is 0 Å². The summed E-state index contributed by atoms with van der Waals surface area (Å²) in [6.45, 7) is 0. The molecule has 0 aromatic rings. The van der Waals surface area contributed by atoms with Crippen molar-refractivity contribution in [1.82, 2.24) is 0 Å². The summed E-state index contributed by atoms with van der Waals surface area (Å²) >= 11 is 0. The van der Waals surface area contributed by atoms with Crippen LogP contribution in [-0.2, 0) is 4.74 Å². The molecule has 1 rings (SSSR count). The zero-order valence-electron chi connectivity index (χ0n) is 6.11. The van der Waals surface area contributed by atoms with Crippen LogP contribution in [0.3, 0.4) is 0 Å². The van der Waals surface area contributed by atoms with Crippen molar-refractivity contribution in [3.63, 3.8) is 0 Å². The number of aliphatic hydroxyl groups excluding tert-OH is 4. The van der Waals surface area contributed by atoms with Crippen molar-refractivity contribution in [2.45, 2.75) is 30.7 Å². The summed E-state index contributed by atoms with van der Waals surface area (Å²) < 4.78 is 4.52. The maximum absolute atomic E-state index is 9.09. The van der Waals surface area contributed by atoms with E-state index in [2.05, 4.69) is 4.74 Å². The van der Waals surface area contributed by atoms with Crippen LogP contribution >= 0.6 is 0 Å². The summed E-state index contributed by atoms with van der Waals surface area (Å²) in [6.07, 6.45) is -6.80. The molecule has 1 aliphatic rings. The number of aliphatic hydroxyl groups is 4. The van der Waals surface area contributed by atoms with Crippen molar-refractivity contribution in [3.8, 4) is 0 Å². The summed E-state index contributed by atoms with van der Waals surface area (Å²) in [7, 11) is 0. The van der Waals surface area contributed by atoms with Gasteiger partial charge in [0.25, 0.3) is 0 Å². The van der Waals surface area contributed by atoms with Crippen LogP contribution in [0.1, 0.15) is 0 Å². The Morgan fingerprint density at radius 2 is 1.58 bits per heavy atom. The first kappa shape index (κ1) is 9.56. The van der Waals surface area contributed by atoms with Crippen LogP contribution in [0.4, 0.5) is 0 Å². The molecule has 1 fully saturated rings. The topological polar surface area (TPSA) is 112 Å². The normalized spacial score (nSPS) is 48.8. The van der Waals surface area contributed by atoms with E-state index < -0.39 is 30.7 Å². The predicted molar refractivity (Wildman–Crippen MR) is 36.9 cm³/mol. The summed E-state index contributed by atoms with van der Waals surface area (Å²) in [5.41, 5.74) is 0. The highest BCUT2D eigenvalue weighted by Crippen LogP contribution is 2.17. The van der Waals surface area contributed by atoms with Crippen LogP contribution in [0.15, 0.2) is 0 Å². The molecule has 1 aliphatic heterocycles. The van der Waals surface area contributed by atoms with E-state index in [0.717, 1.165) is 0 Å². The van der Waals surface area contributed by atoms with E-state index in [9.17, 15) is 0 Å². The lowest BCUT2D eigenvalue weighted by molar-refractivity contribution is -0.266. The highest BCUT2D eigenvalue weighted by molar-refractivity contribution is 5.58. The van der Waals surface area contributed by atoms with Crippen LogP contribution in [0.25, 0.3) is 0 Å². The van der Waals surface area contributed by atoms with Gasteiger partial charge in [0.1, 0.15) is 18.3 Å². The molecular weight excluding hydrogens is 168 g/mol. The first-order valence-corrected chi connectivity index (χ1v) is 3.43. The highest BCUT2D eigenvalue weighted by Gasteiger charge is 2.44. The Balaban J connectivity index is 2.70. The number of ether oxygens (including phenoxy) is 1. The Morgan fingerprint density at radius 1 is 1.00 bits per heavy atom. The molecule has 6 heteroatoms. The second-order valence-electron chi connectivity index (χ2n) is 2.61. The molecule has 1 saturated heterocycles. The molecule has 70 valence electrons. The van der Waals surface area contributed by atoms with Crippen LogP contribution in [0, 0.1) is 0 Å². The number of carbonyl (C=O) groups excluding carboxylic acids is 1. The lowest BCUT2D eigenvalue weighted by Crippen LogP contribution is -2.57. The Bertz CT molecular complexity index is 171. The predicted octanol–water partition coefficient (Wildman–Crippen LogP) is -3.04. The van der Waals surface area contributed by atoms with Gasteiger partial charge < -0.3 is 25.2 Å². The van der Waals surface area contributed by atoms with Gasteiger partial charge in [-0.05, 0) is 0 Å². The molecular formula is C6H11O6+. The Labute approximate surface area is 68.0 Å². The quantitative estimate of drug-likeness (QED) is 0.252. The molecule has 0 saturated carbocycles. The van der Waals surface area contributed by atoms with E-state index in [1.165, 1.54) is 0 Å². The average molecular weight is 179 g/mol. The van der Waals surface area contributed by atoms with E-state index >= 15 is 0 Å². The van der Waals surface area contributed by atoms with Gasteiger partial charge in [-0.25, -0.2) is 0 Å². The van der Waals surface area contributed by atoms with Gasteiger partial charge in [0.05, 0.1) is 0 Å². The molecule has 0 bridgehead atoms. The first-order chi connectivity index (χ1) is 5.57. The van der Waals surface area contributed by atoms with E-state index in [4.69, 9.17) is 25.2 Å². The van der Waals surface area contributed by atoms with Gasteiger partial charge in [-0.15, -0.1) is 0 Å². The molecule has 5 N–H and O–H groups in total. The van der Waals surface area contributed by atoms with E-state index in [-0.39, 0.29) is 0 Å². The van der Waals surface area contributed by atoms with Gasteiger partial charge in [-0.3, -0.25) is 4.79 Å². The third-order valence-corrected chi connectivity index (χ3v) is 1.77. The smallest absolute Gasteiger partial charge is 0.313 e. The standard InChI is InChI=1S/C6H10O6/c7-1-2-3(8)4(9)5(10)6(11)12-2/h1-6,8-11H/p+1/t2-,3-,4+,5+,6+/m1/s1. The number of aldehydes is 1. The van der Waals surface area contributed by atoms with Gasteiger partial charge in [-0.1, -0.05) is 0 Å². The molecule has 0 amide bonds. The summed E-state index contributed by atoms with van der Waals surface area (Å²) in [5.74, 6) is 0. The summed E-state index contributed by atoms with van der Waals surface area (Å²) in [6, 6.07) is 0. The van der Waals surface area contributed by atoms with Crippen molar-refractivity contribution >= 4 is 6.29 Å². The molecule has 6 nitrogen and oxygen atoms in total. The van der Waals surface area contributed by atoms with Crippen LogP contribution in [0.2, 0.25) is 0 Å².